The Morgan fingerprint density at radius 1 is 1.55 bits per heavy atom. The van der Waals surface area contributed by atoms with Crippen LogP contribution in [0.2, 0.25) is 0 Å². The molecule has 0 radical (unpaired) electrons. The Labute approximate surface area is 64.9 Å². The molecular formula is C6H7BN4. The predicted octanol–water partition coefficient (Wildman–Crippen LogP) is -1.44. The molecule has 0 unspecified atom stereocenters. The molecular weight excluding hydrogens is 139 g/mol. The monoisotopic (exact) mass is 146 g/mol. The van der Waals surface area contributed by atoms with E-state index in [0.717, 1.165) is 0 Å². The molecule has 5 heteroatoms. The topological polar surface area (TPSA) is 77.8 Å². The molecule has 1 rings (SSSR count). The van der Waals surface area contributed by atoms with Crippen molar-refractivity contribution in [3.05, 3.63) is 12.8 Å². The second kappa shape index (κ2) is 2.99. The van der Waals surface area contributed by atoms with E-state index in [1.807, 2.05) is 0 Å². The van der Waals surface area contributed by atoms with Gasteiger partial charge in [-0.05, 0) is 0 Å². The van der Waals surface area contributed by atoms with E-state index in [9.17, 15) is 0 Å². The van der Waals surface area contributed by atoms with E-state index in [0.29, 0.717) is 11.3 Å². The molecule has 0 amide bonds. The predicted molar refractivity (Wildman–Crippen MR) is 46.9 cm³/mol. The van der Waals surface area contributed by atoms with Crippen LogP contribution in [0.4, 0.5) is 11.8 Å². The molecule has 0 fully saturated rings. The first-order chi connectivity index (χ1) is 5.24. The second-order valence-corrected chi connectivity index (χ2v) is 1.92. The molecule has 4 N–H and O–H groups in total. The SMILES string of the molecule is C=C=Bc1cnc(N)nc1N. The molecule has 0 bridgehead atoms. The zero-order valence-electron chi connectivity index (χ0n) is 5.91. The summed E-state index contributed by atoms with van der Waals surface area (Å²) < 4.78 is 0. The maximum absolute atomic E-state index is 5.48. The van der Waals surface area contributed by atoms with Crippen LogP contribution >= 0.6 is 0 Å². The molecule has 1 aromatic heterocycles. The van der Waals surface area contributed by atoms with Crippen molar-refractivity contribution < 1.29 is 0 Å². The summed E-state index contributed by atoms with van der Waals surface area (Å²) in [5, 5.41) is 0. The first-order valence-electron chi connectivity index (χ1n) is 2.98. The van der Waals surface area contributed by atoms with E-state index in [2.05, 4.69) is 22.2 Å². The van der Waals surface area contributed by atoms with Crippen molar-refractivity contribution in [2.24, 2.45) is 0 Å². The Morgan fingerprint density at radius 3 is 2.82 bits per heavy atom. The summed E-state index contributed by atoms with van der Waals surface area (Å²) in [4.78, 5) is 7.48. The van der Waals surface area contributed by atoms with Crippen LogP contribution < -0.4 is 16.9 Å². The molecule has 0 saturated carbocycles. The Hall–Kier alpha value is -1.61. The van der Waals surface area contributed by atoms with Crippen LogP contribution in [-0.4, -0.2) is 22.5 Å². The first kappa shape index (κ1) is 7.50. The van der Waals surface area contributed by atoms with Crippen LogP contribution in [0.5, 0.6) is 0 Å². The summed E-state index contributed by atoms with van der Waals surface area (Å²) in [6, 6.07) is 0. The zero-order valence-corrected chi connectivity index (χ0v) is 5.91. The molecule has 0 spiro atoms. The Balaban J connectivity index is 3.19. The third-order valence-corrected chi connectivity index (χ3v) is 1.12. The standard InChI is InChI=1S/C6H7BN4/c1-2-7-4-3-10-6(9)11-5(4)8/h3H,1H2,(H4,8,9,10,11). The summed E-state index contributed by atoms with van der Waals surface area (Å²) in [5.74, 6) is 0.511. The summed E-state index contributed by atoms with van der Waals surface area (Å²) >= 11 is 0. The summed E-state index contributed by atoms with van der Waals surface area (Å²) in [6.07, 6.45) is 1.52. The van der Waals surface area contributed by atoms with Gasteiger partial charge in [-0.25, -0.2) is 0 Å². The van der Waals surface area contributed by atoms with Crippen molar-refractivity contribution in [2.75, 3.05) is 11.5 Å². The van der Waals surface area contributed by atoms with Gasteiger partial charge in [0.2, 0.25) is 0 Å². The third kappa shape index (κ3) is 1.66. The molecule has 0 aliphatic heterocycles. The number of aromatic nitrogens is 2. The molecule has 0 atom stereocenters. The number of nitrogen functional groups attached to an aromatic ring is 2. The number of hydrogen-bond acceptors (Lipinski definition) is 4. The third-order valence-electron chi connectivity index (χ3n) is 1.12. The van der Waals surface area contributed by atoms with Crippen molar-refractivity contribution in [1.82, 2.24) is 9.97 Å². The maximum atomic E-state index is 5.48. The van der Waals surface area contributed by atoms with E-state index in [4.69, 9.17) is 11.5 Å². The van der Waals surface area contributed by atoms with Crippen LogP contribution in [0.1, 0.15) is 0 Å². The summed E-state index contributed by atoms with van der Waals surface area (Å²) in [7, 11) is 0. The molecule has 0 aliphatic rings. The van der Waals surface area contributed by atoms with Gasteiger partial charge in [0, 0.05) is 0 Å². The molecule has 0 aliphatic carbocycles. The number of rotatable bonds is 1. The molecule has 4 nitrogen and oxygen atoms in total. The zero-order chi connectivity index (χ0) is 8.27. The fourth-order valence-corrected chi connectivity index (χ4v) is 0.640. The van der Waals surface area contributed by atoms with Gasteiger partial charge < -0.3 is 0 Å². The molecule has 0 aromatic carbocycles. The van der Waals surface area contributed by atoms with E-state index in [-0.39, 0.29) is 5.95 Å². The minimum absolute atomic E-state index is 0.170. The number of hydrogen-bond donors (Lipinski definition) is 2. The fraction of sp³-hybridized carbons (Fsp3) is 0. The summed E-state index contributed by atoms with van der Waals surface area (Å²) in [5.41, 5.74) is 14.0. The van der Waals surface area contributed by atoms with Gasteiger partial charge >= 0.3 is 64.0 Å². The fourth-order valence-electron chi connectivity index (χ4n) is 0.640. The van der Waals surface area contributed by atoms with Gasteiger partial charge in [-0.15, -0.1) is 0 Å². The Bertz CT molecular complexity index is 316. The van der Waals surface area contributed by atoms with E-state index < -0.39 is 0 Å². The quantitative estimate of drug-likeness (QED) is 0.475. The molecule has 1 heterocycles. The van der Waals surface area contributed by atoms with Gasteiger partial charge in [0.1, 0.15) is 0 Å². The van der Waals surface area contributed by atoms with Gasteiger partial charge in [0.15, 0.2) is 0 Å². The minimum atomic E-state index is 0.170. The van der Waals surface area contributed by atoms with Crippen LogP contribution in [0, 0.1) is 0 Å². The molecule has 11 heavy (non-hydrogen) atoms. The van der Waals surface area contributed by atoms with Crippen LogP contribution in [0.15, 0.2) is 12.8 Å². The van der Waals surface area contributed by atoms with Crippen LogP contribution in [0.25, 0.3) is 0 Å². The Kier molecular flexibility index (Phi) is 2.04. The first-order valence-corrected chi connectivity index (χ1v) is 2.98. The number of anilines is 2. The normalized spacial score (nSPS) is 8.36. The van der Waals surface area contributed by atoms with Gasteiger partial charge in [0.25, 0.3) is 0 Å². The van der Waals surface area contributed by atoms with Crippen molar-refractivity contribution in [2.45, 2.75) is 0 Å². The van der Waals surface area contributed by atoms with Crippen LogP contribution in [-0.2, 0) is 0 Å². The van der Waals surface area contributed by atoms with Crippen molar-refractivity contribution >= 4 is 29.8 Å². The van der Waals surface area contributed by atoms with Gasteiger partial charge in [-0.1, -0.05) is 0 Å². The number of nitrogens with zero attached hydrogens (tertiary/aromatic N) is 2. The van der Waals surface area contributed by atoms with Crippen molar-refractivity contribution in [3.8, 4) is 0 Å². The Morgan fingerprint density at radius 2 is 2.27 bits per heavy atom. The van der Waals surface area contributed by atoms with Crippen LogP contribution in [0.3, 0.4) is 0 Å². The van der Waals surface area contributed by atoms with E-state index in [1.165, 1.54) is 6.20 Å². The molecule has 54 valence electrons. The van der Waals surface area contributed by atoms with Gasteiger partial charge in [0.05, 0.1) is 0 Å². The average molecular weight is 146 g/mol. The van der Waals surface area contributed by atoms with E-state index >= 15 is 0 Å². The number of nitrogens with two attached hydrogens (primary N) is 2. The van der Waals surface area contributed by atoms with Crippen molar-refractivity contribution in [3.63, 3.8) is 0 Å². The van der Waals surface area contributed by atoms with E-state index in [1.54, 1.807) is 6.92 Å². The average Bonchev–Trinajstić information content (AvgIpc) is 1.95. The molecule has 0 saturated heterocycles. The second-order valence-electron chi connectivity index (χ2n) is 1.92. The van der Waals surface area contributed by atoms with Crippen molar-refractivity contribution in [1.29, 1.82) is 0 Å². The van der Waals surface area contributed by atoms with Gasteiger partial charge in [-0.3, -0.25) is 0 Å². The summed E-state index contributed by atoms with van der Waals surface area (Å²) in [6.45, 7) is 4.99. The molecule has 1 aromatic rings. The van der Waals surface area contributed by atoms with Gasteiger partial charge in [-0.2, -0.15) is 0 Å².